The molecule has 156 valence electrons. The fourth-order valence-electron chi connectivity index (χ4n) is 3.10. The Morgan fingerprint density at radius 1 is 1.00 bits per heavy atom. The number of aryl methyl sites for hydroxylation is 2. The number of anilines is 2. The normalized spacial score (nSPS) is 11.2. The first-order valence-electron chi connectivity index (χ1n) is 9.54. The van der Waals surface area contributed by atoms with Gasteiger partial charge in [0, 0.05) is 10.7 Å². The molecule has 3 aromatic carbocycles. The number of benzene rings is 3. The summed E-state index contributed by atoms with van der Waals surface area (Å²) in [6.45, 7) is 3.51. The first kappa shape index (κ1) is 21.9. The van der Waals surface area contributed by atoms with Crippen molar-refractivity contribution in [3.8, 4) is 0 Å². The molecule has 3 aromatic rings. The molecule has 3 rings (SSSR count). The molecule has 0 fully saturated rings. The Morgan fingerprint density at radius 2 is 1.70 bits per heavy atom. The number of nitrogens with zero attached hydrogens (tertiary/aromatic N) is 1. The zero-order valence-corrected chi connectivity index (χ0v) is 18.4. The van der Waals surface area contributed by atoms with Crippen LogP contribution in [-0.4, -0.2) is 20.9 Å². The third-order valence-corrected chi connectivity index (χ3v) is 6.69. The van der Waals surface area contributed by atoms with Crippen molar-refractivity contribution in [2.75, 3.05) is 16.2 Å². The number of nitrogens with one attached hydrogen (secondary N) is 1. The van der Waals surface area contributed by atoms with E-state index in [0.29, 0.717) is 16.4 Å². The van der Waals surface area contributed by atoms with E-state index in [2.05, 4.69) is 5.32 Å². The minimum atomic E-state index is -3.98. The molecular formula is C23H23ClN2O3S. The van der Waals surface area contributed by atoms with Gasteiger partial charge in [-0.25, -0.2) is 8.42 Å². The smallest absolute Gasteiger partial charge is 0.264 e. The summed E-state index contributed by atoms with van der Waals surface area (Å²) in [6.07, 6.45) is 0.751. The minimum absolute atomic E-state index is 0.0650. The Hall–Kier alpha value is -2.83. The van der Waals surface area contributed by atoms with Crippen LogP contribution in [0.2, 0.25) is 5.02 Å². The van der Waals surface area contributed by atoms with Crippen molar-refractivity contribution < 1.29 is 13.2 Å². The highest BCUT2D eigenvalue weighted by Gasteiger charge is 2.27. The topological polar surface area (TPSA) is 66.5 Å². The highest BCUT2D eigenvalue weighted by molar-refractivity contribution is 7.92. The number of carbonyl (C=O) groups is 1. The van der Waals surface area contributed by atoms with Crippen molar-refractivity contribution in [1.82, 2.24) is 0 Å². The lowest BCUT2D eigenvalue weighted by atomic mass is 10.1. The SMILES string of the molecule is CCc1ccccc1NC(=O)CN(c1cccc(C)c1)S(=O)(=O)c1ccc(Cl)cc1. The minimum Gasteiger partial charge on any atom is -0.324 e. The van der Waals surface area contributed by atoms with E-state index in [1.54, 1.807) is 24.3 Å². The Kier molecular flexibility index (Phi) is 6.80. The number of halogens is 1. The number of hydrogen-bond acceptors (Lipinski definition) is 3. The van der Waals surface area contributed by atoms with E-state index < -0.39 is 15.9 Å². The zero-order valence-electron chi connectivity index (χ0n) is 16.8. The fourth-order valence-corrected chi connectivity index (χ4v) is 4.64. The van der Waals surface area contributed by atoms with E-state index in [-0.39, 0.29) is 11.4 Å². The van der Waals surface area contributed by atoms with Gasteiger partial charge in [-0.3, -0.25) is 9.10 Å². The fraction of sp³-hybridized carbons (Fsp3) is 0.174. The van der Waals surface area contributed by atoms with Gasteiger partial charge in [0.2, 0.25) is 5.91 Å². The molecule has 0 radical (unpaired) electrons. The van der Waals surface area contributed by atoms with Gasteiger partial charge in [0.25, 0.3) is 10.0 Å². The maximum Gasteiger partial charge on any atom is 0.264 e. The molecule has 0 saturated carbocycles. The molecule has 30 heavy (non-hydrogen) atoms. The quantitative estimate of drug-likeness (QED) is 0.557. The van der Waals surface area contributed by atoms with Crippen LogP contribution >= 0.6 is 11.6 Å². The van der Waals surface area contributed by atoms with Crippen LogP contribution in [-0.2, 0) is 21.2 Å². The van der Waals surface area contributed by atoms with Crippen LogP contribution in [0.5, 0.6) is 0 Å². The van der Waals surface area contributed by atoms with Gasteiger partial charge in [-0.2, -0.15) is 0 Å². The van der Waals surface area contributed by atoms with Gasteiger partial charge in [-0.1, -0.05) is 48.9 Å². The van der Waals surface area contributed by atoms with Crippen LogP contribution in [0.25, 0.3) is 0 Å². The van der Waals surface area contributed by atoms with Crippen LogP contribution in [0.4, 0.5) is 11.4 Å². The summed E-state index contributed by atoms with van der Waals surface area (Å²) in [5.74, 6) is -0.421. The monoisotopic (exact) mass is 442 g/mol. The molecule has 0 aliphatic rings. The van der Waals surface area contributed by atoms with Crippen LogP contribution in [0.3, 0.4) is 0 Å². The Labute approximate surface area is 182 Å². The maximum absolute atomic E-state index is 13.4. The standard InChI is InChI=1S/C23H23ClN2O3S/c1-3-18-8-4-5-10-22(18)25-23(27)16-26(20-9-6-7-17(2)15-20)30(28,29)21-13-11-19(24)12-14-21/h4-15H,3,16H2,1-2H3,(H,25,27). The zero-order chi connectivity index (χ0) is 21.7. The van der Waals surface area contributed by atoms with Gasteiger partial charge < -0.3 is 5.32 Å². The van der Waals surface area contributed by atoms with Crippen molar-refractivity contribution in [3.05, 3.63) is 88.9 Å². The van der Waals surface area contributed by atoms with Gasteiger partial charge in [-0.05, 0) is 66.9 Å². The van der Waals surface area contributed by atoms with Crippen LogP contribution in [0.1, 0.15) is 18.1 Å². The molecule has 5 nitrogen and oxygen atoms in total. The van der Waals surface area contributed by atoms with Crippen LogP contribution in [0.15, 0.2) is 77.7 Å². The van der Waals surface area contributed by atoms with E-state index >= 15 is 0 Å². The summed E-state index contributed by atoms with van der Waals surface area (Å²) >= 11 is 5.91. The second-order valence-electron chi connectivity index (χ2n) is 6.86. The molecule has 0 bridgehead atoms. The average Bonchev–Trinajstić information content (AvgIpc) is 2.72. The number of para-hydroxylation sites is 1. The van der Waals surface area contributed by atoms with E-state index in [1.165, 1.54) is 24.3 Å². The van der Waals surface area contributed by atoms with E-state index in [0.717, 1.165) is 21.9 Å². The summed E-state index contributed by atoms with van der Waals surface area (Å²) in [7, 11) is -3.98. The lowest BCUT2D eigenvalue weighted by Gasteiger charge is -2.24. The summed E-state index contributed by atoms with van der Waals surface area (Å²) in [5, 5.41) is 3.28. The highest BCUT2D eigenvalue weighted by Crippen LogP contribution is 2.26. The lowest BCUT2D eigenvalue weighted by molar-refractivity contribution is -0.114. The van der Waals surface area contributed by atoms with Gasteiger partial charge in [0.1, 0.15) is 6.54 Å². The van der Waals surface area contributed by atoms with Crippen molar-refractivity contribution in [2.24, 2.45) is 0 Å². The van der Waals surface area contributed by atoms with E-state index in [1.807, 2.05) is 38.1 Å². The third kappa shape index (κ3) is 5.01. The molecule has 0 aromatic heterocycles. The van der Waals surface area contributed by atoms with Crippen molar-refractivity contribution >= 4 is 38.9 Å². The number of amides is 1. The van der Waals surface area contributed by atoms with E-state index in [9.17, 15) is 13.2 Å². The summed E-state index contributed by atoms with van der Waals surface area (Å²) in [6, 6.07) is 20.4. The van der Waals surface area contributed by atoms with Crippen molar-refractivity contribution in [2.45, 2.75) is 25.2 Å². The molecule has 1 amide bonds. The summed E-state index contributed by atoms with van der Waals surface area (Å²) in [5.41, 5.74) is 2.97. The number of carbonyl (C=O) groups excluding carboxylic acids is 1. The number of hydrogen-bond donors (Lipinski definition) is 1. The van der Waals surface area contributed by atoms with Crippen LogP contribution < -0.4 is 9.62 Å². The lowest BCUT2D eigenvalue weighted by Crippen LogP contribution is -2.38. The third-order valence-electron chi connectivity index (χ3n) is 4.65. The largest absolute Gasteiger partial charge is 0.324 e. The molecular weight excluding hydrogens is 420 g/mol. The Morgan fingerprint density at radius 3 is 2.37 bits per heavy atom. The van der Waals surface area contributed by atoms with E-state index in [4.69, 9.17) is 11.6 Å². The molecule has 0 atom stereocenters. The van der Waals surface area contributed by atoms with Gasteiger partial charge in [0.15, 0.2) is 0 Å². The average molecular weight is 443 g/mol. The van der Waals surface area contributed by atoms with Crippen LogP contribution in [0, 0.1) is 6.92 Å². The van der Waals surface area contributed by atoms with Gasteiger partial charge in [-0.15, -0.1) is 0 Å². The number of sulfonamides is 1. The molecule has 0 heterocycles. The predicted molar refractivity (Wildman–Crippen MR) is 122 cm³/mol. The predicted octanol–water partition coefficient (Wildman–Crippen LogP) is 5.04. The summed E-state index contributed by atoms with van der Waals surface area (Å²) in [4.78, 5) is 12.9. The molecule has 0 aliphatic heterocycles. The Balaban J connectivity index is 1.96. The second-order valence-corrected chi connectivity index (χ2v) is 9.16. The highest BCUT2D eigenvalue weighted by atomic mass is 35.5. The first-order chi connectivity index (χ1) is 14.3. The maximum atomic E-state index is 13.4. The van der Waals surface area contributed by atoms with Gasteiger partial charge >= 0.3 is 0 Å². The van der Waals surface area contributed by atoms with Gasteiger partial charge in [0.05, 0.1) is 10.6 Å². The molecule has 0 aliphatic carbocycles. The molecule has 0 unspecified atom stereocenters. The first-order valence-corrected chi connectivity index (χ1v) is 11.4. The number of rotatable bonds is 7. The molecule has 0 saturated heterocycles. The molecule has 0 spiro atoms. The van der Waals surface area contributed by atoms with Crippen molar-refractivity contribution in [1.29, 1.82) is 0 Å². The Bertz CT molecular complexity index is 1150. The second kappa shape index (κ2) is 9.32. The van der Waals surface area contributed by atoms with Crippen molar-refractivity contribution in [3.63, 3.8) is 0 Å². The molecule has 7 heteroatoms. The molecule has 1 N–H and O–H groups in total. The summed E-state index contributed by atoms with van der Waals surface area (Å²) < 4.78 is 27.9.